The van der Waals surface area contributed by atoms with E-state index in [9.17, 15) is 4.79 Å². The lowest BCUT2D eigenvalue weighted by molar-refractivity contribution is -0.119. The lowest BCUT2D eigenvalue weighted by Gasteiger charge is -2.04. The lowest BCUT2D eigenvalue weighted by atomic mass is 10.0. The van der Waals surface area contributed by atoms with E-state index in [1.54, 1.807) is 7.05 Å². The molecule has 0 aliphatic rings. The van der Waals surface area contributed by atoms with Crippen LogP contribution in [0.1, 0.15) is 19.4 Å². The third-order valence-electron chi connectivity index (χ3n) is 2.70. The van der Waals surface area contributed by atoms with Gasteiger partial charge in [-0.3, -0.25) is 4.79 Å². The van der Waals surface area contributed by atoms with Crippen molar-refractivity contribution in [2.24, 2.45) is 0 Å². The van der Waals surface area contributed by atoms with Crippen molar-refractivity contribution in [2.45, 2.75) is 20.3 Å². The second-order valence-electron chi connectivity index (χ2n) is 3.91. The van der Waals surface area contributed by atoms with Crippen LogP contribution < -0.4 is 5.32 Å². The molecule has 2 aromatic carbocycles. The fraction of sp³-hybridized carbons (Fsp3) is 0.235. The van der Waals surface area contributed by atoms with Crippen LogP contribution in [0.5, 0.6) is 0 Å². The van der Waals surface area contributed by atoms with Crippen molar-refractivity contribution in [3.63, 3.8) is 0 Å². The molecule has 0 radical (unpaired) electrons. The van der Waals surface area contributed by atoms with Gasteiger partial charge in [-0.2, -0.15) is 0 Å². The maximum absolute atomic E-state index is 11.2. The van der Waals surface area contributed by atoms with Crippen LogP contribution in [0.2, 0.25) is 0 Å². The predicted molar refractivity (Wildman–Crippen MR) is 81.0 cm³/mol. The van der Waals surface area contributed by atoms with Gasteiger partial charge in [0.25, 0.3) is 0 Å². The van der Waals surface area contributed by atoms with Crippen molar-refractivity contribution in [1.29, 1.82) is 0 Å². The SMILES string of the molecule is CC.CNC(=O)Cc1ccc(-c2ccccc2)cc1. The summed E-state index contributed by atoms with van der Waals surface area (Å²) in [5, 5.41) is 2.62. The maximum Gasteiger partial charge on any atom is 0.224 e. The van der Waals surface area contributed by atoms with Crippen LogP contribution >= 0.6 is 0 Å². The molecule has 0 aliphatic heterocycles. The molecule has 0 atom stereocenters. The molecule has 0 saturated heterocycles. The molecule has 0 aromatic heterocycles. The van der Waals surface area contributed by atoms with Crippen molar-refractivity contribution < 1.29 is 4.79 Å². The van der Waals surface area contributed by atoms with Crippen molar-refractivity contribution in [2.75, 3.05) is 7.05 Å². The highest BCUT2D eigenvalue weighted by atomic mass is 16.1. The van der Waals surface area contributed by atoms with Gasteiger partial charge in [-0.1, -0.05) is 68.4 Å². The number of nitrogens with one attached hydrogen (secondary N) is 1. The fourth-order valence-corrected chi connectivity index (χ4v) is 1.72. The predicted octanol–water partition coefficient (Wildman–Crippen LogP) is 3.67. The minimum atomic E-state index is 0.0393. The Kier molecular flexibility index (Phi) is 6.37. The standard InChI is InChI=1S/C15H15NO.C2H6/c1-16-15(17)11-12-7-9-14(10-8-12)13-5-3-2-4-6-13;1-2/h2-10H,11H2,1H3,(H,16,17);1-2H3. The number of amides is 1. The molecule has 2 heteroatoms. The molecule has 1 N–H and O–H groups in total. The van der Waals surface area contributed by atoms with E-state index in [-0.39, 0.29) is 5.91 Å². The molecule has 2 nitrogen and oxygen atoms in total. The minimum Gasteiger partial charge on any atom is -0.359 e. The molecule has 2 aromatic rings. The Morgan fingerprint density at radius 3 is 1.95 bits per heavy atom. The van der Waals surface area contributed by atoms with Crippen molar-refractivity contribution >= 4 is 5.91 Å². The van der Waals surface area contributed by atoms with Crippen LogP contribution in [0.3, 0.4) is 0 Å². The fourth-order valence-electron chi connectivity index (χ4n) is 1.72. The normalized spacial score (nSPS) is 9.21. The van der Waals surface area contributed by atoms with E-state index in [1.165, 1.54) is 11.1 Å². The van der Waals surface area contributed by atoms with Gasteiger partial charge in [-0.25, -0.2) is 0 Å². The highest BCUT2D eigenvalue weighted by Crippen LogP contribution is 2.19. The third-order valence-corrected chi connectivity index (χ3v) is 2.70. The Bertz CT molecular complexity index is 488. The van der Waals surface area contributed by atoms with Crippen molar-refractivity contribution in [3.05, 3.63) is 60.2 Å². The summed E-state index contributed by atoms with van der Waals surface area (Å²) in [6, 6.07) is 18.3. The second-order valence-corrected chi connectivity index (χ2v) is 3.91. The number of benzene rings is 2. The highest BCUT2D eigenvalue weighted by molar-refractivity contribution is 5.78. The Hall–Kier alpha value is -2.09. The Morgan fingerprint density at radius 2 is 1.42 bits per heavy atom. The summed E-state index contributed by atoms with van der Waals surface area (Å²) in [5.74, 6) is 0.0393. The topological polar surface area (TPSA) is 29.1 Å². The molecule has 0 fully saturated rings. The maximum atomic E-state index is 11.2. The Morgan fingerprint density at radius 1 is 0.895 bits per heavy atom. The molecule has 0 aliphatic carbocycles. The zero-order valence-corrected chi connectivity index (χ0v) is 11.8. The summed E-state index contributed by atoms with van der Waals surface area (Å²) < 4.78 is 0. The van der Waals surface area contributed by atoms with Crippen molar-refractivity contribution in [3.8, 4) is 11.1 Å². The average molecular weight is 255 g/mol. The first-order chi connectivity index (χ1) is 9.29. The summed E-state index contributed by atoms with van der Waals surface area (Å²) in [6.07, 6.45) is 0.436. The second kappa shape index (κ2) is 8.09. The quantitative estimate of drug-likeness (QED) is 0.890. The van der Waals surface area contributed by atoms with Crippen LogP contribution in [-0.4, -0.2) is 13.0 Å². The van der Waals surface area contributed by atoms with Gasteiger partial charge in [0.05, 0.1) is 6.42 Å². The minimum absolute atomic E-state index is 0.0393. The van der Waals surface area contributed by atoms with Gasteiger partial charge >= 0.3 is 0 Å². The molecule has 2 rings (SSSR count). The lowest BCUT2D eigenvalue weighted by Crippen LogP contribution is -2.19. The van der Waals surface area contributed by atoms with E-state index in [0.717, 1.165) is 5.56 Å². The highest BCUT2D eigenvalue weighted by Gasteiger charge is 2.01. The smallest absolute Gasteiger partial charge is 0.224 e. The molecular weight excluding hydrogens is 234 g/mol. The van der Waals surface area contributed by atoms with E-state index >= 15 is 0 Å². The number of likely N-dealkylation sites (N-methyl/N-ethyl adjacent to an activating group) is 1. The molecule has 100 valence electrons. The summed E-state index contributed by atoms with van der Waals surface area (Å²) in [7, 11) is 1.65. The Labute approximate surface area is 115 Å². The molecule has 0 unspecified atom stereocenters. The van der Waals surface area contributed by atoms with E-state index in [1.807, 2.05) is 56.3 Å². The molecule has 19 heavy (non-hydrogen) atoms. The van der Waals surface area contributed by atoms with E-state index in [4.69, 9.17) is 0 Å². The van der Waals surface area contributed by atoms with Crippen molar-refractivity contribution in [1.82, 2.24) is 5.32 Å². The van der Waals surface area contributed by atoms with Crippen LogP contribution in [0.4, 0.5) is 0 Å². The largest absolute Gasteiger partial charge is 0.359 e. The number of hydrogen-bond donors (Lipinski definition) is 1. The first kappa shape index (κ1) is 15.0. The summed E-state index contributed by atoms with van der Waals surface area (Å²) >= 11 is 0. The van der Waals surface area contributed by atoms with E-state index < -0.39 is 0 Å². The van der Waals surface area contributed by atoms with Crippen LogP contribution in [0.25, 0.3) is 11.1 Å². The van der Waals surface area contributed by atoms with E-state index in [0.29, 0.717) is 6.42 Å². The molecule has 0 heterocycles. The summed E-state index contributed by atoms with van der Waals surface area (Å²) in [6.45, 7) is 4.00. The summed E-state index contributed by atoms with van der Waals surface area (Å²) in [5.41, 5.74) is 3.40. The van der Waals surface area contributed by atoms with Gasteiger partial charge in [0.2, 0.25) is 5.91 Å². The third kappa shape index (κ3) is 4.59. The van der Waals surface area contributed by atoms with E-state index in [2.05, 4.69) is 17.4 Å². The van der Waals surface area contributed by atoms with Gasteiger partial charge in [0, 0.05) is 7.05 Å². The molecular formula is C17H21NO. The van der Waals surface area contributed by atoms with Crippen LogP contribution in [0.15, 0.2) is 54.6 Å². The monoisotopic (exact) mass is 255 g/mol. The van der Waals surface area contributed by atoms with Gasteiger partial charge in [-0.15, -0.1) is 0 Å². The summed E-state index contributed by atoms with van der Waals surface area (Å²) in [4.78, 5) is 11.2. The number of carbonyl (C=O) groups is 1. The van der Waals surface area contributed by atoms with Gasteiger partial charge in [0.15, 0.2) is 0 Å². The first-order valence-corrected chi connectivity index (χ1v) is 6.64. The van der Waals surface area contributed by atoms with Crippen LogP contribution in [-0.2, 0) is 11.2 Å². The zero-order chi connectivity index (χ0) is 14.1. The first-order valence-electron chi connectivity index (χ1n) is 6.64. The zero-order valence-electron chi connectivity index (χ0n) is 11.8. The molecule has 0 spiro atoms. The number of carbonyl (C=O) groups excluding carboxylic acids is 1. The van der Waals surface area contributed by atoms with Crippen LogP contribution in [0, 0.1) is 0 Å². The Balaban J connectivity index is 0.000000861. The van der Waals surface area contributed by atoms with Gasteiger partial charge in [-0.05, 0) is 16.7 Å². The molecule has 0 bridgehead atoms. The number of rotatable bonds is 3. The van der Waals surface area contributed by atoms with Gasteiger partial charge in [0.1, 0.15) is 0 Å². The molecule has 0 saturated carbocycles. The molecule has 1 amide bonds. The number of hydrogen-bond acceptors (Lipinski definition) is 1. The average Bonchev–Trinajstić information content (AvgIpc) is 2.51. The van der Waals surface area contributed by atoms with Gasteiger partial charge < -0.3 is 5.32 Å².